The fourth-order valence-electron chi connectivity index (χ4n) is 0. The van der Waals surface area contributed by atoms with Crippen LogP contribution in [0.4, 0.5) is 26.3 Å². The van der Waals surface area contributed by atoms with Crippen molar-refractivity contribution in [1.29, 1.82) is 0 Å². The van der Waals surface area contributed by atoms with E-state index in [1.807, 2.05) is 0 Å². The summed E-state index contributed by atoms with van der Waals surface area (Å²) in [7, 11) is -22.1. The molecular weight excluding hydrogens is 710 g/mol. The minimum absolute atomic E-state index is 0. The van der Waals surface area contributed by atoms with Crippen LogP contribution >= 0.6 is 0 Å². The molecular formula is C2Cl2F6O14Pd2S2. The van der Waals surface area contributed by atoms with Crippen molar-refractivity contribution in [1.82, 2.24) is 0 Å². The normalized spacial score (nSPS) is 12.3. The standard InChI is InChI=1S/2CHF3O3S.2ClHO4.2Pd/c2*2-1(3,4)8(5,6)7;2*2-1(3,4)5;;/h2*(H,5,6,7);2*(H,2,3,4,5);;/q;;;;2*+2/p-4. The quantitative estimate of drug-likeness (QED) is 0.0976. The van der Waals surface area contributed by atoms with Crippen molar-refractivity contribution in [3.8, 4) is 0 Å². The second-order valence-corrected chi connectivity index (χ2v) is 6.81. The number of hydrogen-bond donors (Lipinski definition) is 0. The summed E-state index contributed by atoms with van der Waals surface area (Å²) in [6.45, 7) is 0. The van der Waals surface area contributed by atoms with Crippen molar-refractivity contribution >= 4 is 20.2 Å². The summed E-state index contributed by atoms with van der Waals surface area (Å²) in [5.74, 6) is 0. The smallest absolute Gasteiger partial charge is 0.741 e. The average Bonchev–Trinajstić information content (AvgIpc) is 2.04. The summed E-state index contributed by atoms with van der Waals surface area (Å²) in [6, 6.07) is 0. The van der Waals surface area contributed by atoms with Gasteiger partial charge < -0.3 is 9.11 Å². The van der Waals surface area contributed by atoms with Gasteiger partial charge in [-0.05, 0) is 0 Å². The zero-order valence-electron chi connectivity index (χ0n) is 11.2. The van der Waals surface area contributed by atoms with Crippen LogP contribution in [0.15, 0.2) is 0 Å². The molecule has 0 heterocycles. The molecule has 14 nitrogen and oxygen atoms in total. The van der Waals surface area contributed by atoms with E-state index in [0.717, 1.165) is 0 Å². The van der Waals surface area contributed by atoms with E-state index in [2.05, 4.69) is 0 Å². The molecule has 0 atom stereocenters. The van der Waals surface area contributed by atoms with Crippen LogP contribution in [0.25, 0.3) is 0 Å². The van der Waals surface area contributed by atoms with Crippen molar-refractivity contribution in [2.75, 3.05) is 0 Å². The molecule has 0 aromatic rings. The topological polar surface area (TPSA) is 299 Å². The first-order valence-corrected chi connectivity index (χ1v) is 9.06. The van der Waals surface area contributed by atoms with Crippen LogP contribution < -0.4 is 37.3 Å². The predicted octanol–water partition coefficient (Wildman–Crippen LogP) is -9.41. The van der Waals surface area contributed by atoms with Crippen LogP contribution in [0.5, 0.6) is 0 Å². The van der Waals surface area contributed by atoms with E-state index in [4.69, 9.17) is 63.2 Å². The molecule has 0 saturated heterocycles. The van der Waals surface area contributed by atoms with Crippen molar-refractivity contribution < 1.29 is 151 Å². The summed E-state index contributed by atoms with van der Waals surface area (Å²) in [4.78, 5) is 0. The van der Waals surface area contributed by atoms with Gasteiger partial charge in [-0.2, -0.15) is 26.3 Å². The van der Waals surface area contributed by atoms with E-state index in [0.29, 0.717) is 0 Å². The van der Waals surface area contributed by atoms with E-state index >= 15 is 0 Å². The molecule has 180 valence electrons. The molecule has 0 aromatic carbocycles. The van der Waals surface area contributed by atoms with Gasteiger partial charge in [0.25, 0.3) is 0 Å². The summed E-state index contributed by atoms with van der Waals surface area (Å²) < 4.78 is 186. The molecule has 28 heavy (non-hydrogen) atoms. The Kier molecular flexibility index (Phi) is 22.9. The summed E-state index contributed by atoms with van der Waals surface area (Å²) in [5, 5.41) is 0. The minimum Gasteiger partial charge on any atom is -0.741 e. The maximum Gasteiger partial charge on any atom is 2.00 e. The van der Waals surface area contributed by atoms with Gasteiger partial charge in [0.1, 0.15) is 0 Å². The predicted molar refractivity (Wildman–Crippen MR) is 31.5 cm³/mol. The maximum atomic E-state index is 10.7. The molecule has 0 aromatic heterocycles. The second kappa shape index (κ2) is 14.9. The van der Waals surface area contributed by atoms with Crippen LogP contribution in [0.1, 0.15) is 0 Å². The van der Waals surface area contributed by atoms with Crippen LogP contribution in [-0.4, -0.2) is 37.0 Å². The summed E-state index contributed by atoms with van der Waals surface area (Å²) >= 11 is 0. The third-order valence-corrected chi connectivity index (χ3v) is 1.70. The van der Waals surface area contributed by atoms with Gasteiger partial charge in [0.05, 0.1) is 0 Å². The van der Waals surface area contributed by atoms with Crippen LogP contribution in [-0.2, 0) is 61.1 Å². The van der Waals surface area contributed by atoms with Gasteiger partial charge in [-0.15, -0.1) is 20.5 Å². The third-order valence-electron chi connectivity index (χ3n) is 0.567. The molecule has 0 aliphatic rings. The Labute approximate surface area is 181 Å². The number of alkyl halides is 6. The van der Waals surface area contributed by atoms with Gasteiger partial charge in [0.15, 0.2) is 20.2 Å². The number of hydrogen-bond acceptors (Lipinski definition) is 14. The molecule has 0 aliphatic heterocycles. The SMILES string of the molecule is O=S(=O)([O-])C(F)(F)F.O=S(=O)([O-])C(F)(F)F.[O-][Cl+3]([O-])([O-])[O-].[O-][Cl+3]([O-])([O-])[O-].[Pd+2].[Pd+2]. The van der Waals surface area contributed by atoms with Crippen molar-refractivity contribution in [3.05, 3.63) is 0 Å². The molecule has 0 bridgehead atoms. The zero-order valence-corrected chi connectivity index (χ0v) is 17.4. The first kappa shape index (κ1) is 43.0. The average molecular weight is 710 g/mol. The van der Waals surface area contributed by atoms with Gasteiger partial charge in [-0.3, -0.25) is 0 Å². The van der Waals surface area contributed by atoms with E-state index in [9.17, 15) is 26.3 Å². The number of rotatable bonds is 0. The van der Waals surface area contributed by atoms with Crippen molar-refractivity contribution in [2.24, 2.45) is 0 Å². The molecule has 26 heteroatoms. The largest absolute Gasteiger partial charge is 2.00 e. The van der Waals surface area contributed by atoms with E-state index < -0.39 is 51.7 Å². The van der Waals surface area contributed by atoms with Crippen molar-refractivity contribution in [3.63, 3.8) is 0 Å². The fraction of sp³-hybridized carbons (Fsp3) is 1.00. The summed E-state index contributed by atoms with van der Waals surface area (Å²) in [6.07, 6.45) is 0. The molecule has 0 spiro atoms. The third kappa shape index (κ3) is 50.6. The van der Waals surface area contributed by atoms with Crippen molar-refractivity contribution in [2.45, 2.75) is 11.0 Å². The Morgan fingerprint density at radius 1 is 0.500 bits per heavy atom. The van der Waals surface area contributed by atoms with E-state index in [-0.39, 0.29) is 40.8 Å². The van der Waals surface area contributed by atoms with Crippen LogP contribution in [0.3, 0.4) is 0 Å². The molecule has 0 amide bonds. The number of halogens is 8. The van der Waals surface area contributed by atoms with Gasteiger partial charge in [-0.1, -0.05) is 0 Å². The molecule has 0 rings (SSSR count). The van der Waals surface area contributed by atoms with Gasteiger partial charge >= 0.3 is 51.9 Å². The Hall–Kier alpha value is 0.985. The van der Waals surface area contributed by atoms with E-state index in [1.165, 1.54) is 0 Å². The van der Waals surface area contributed by atoms with Crippen LogP contribution in [0, 0.1) is 20.5 Å². The Morgan fingerprint density at radius 2 is 0.536 bits per heavy atom. The molecule has 0 N–H and O–H groups in total. The fourth-order valence-corrected chi connectivity index (χ4v) is 0. The first-order valence-electron chi connectivity index (χ1n) is 3.78. The monoisotopic (exact) mass is 708 g/mol. The molecule has 0 unspecified atom stereocenters. The first-order chi connectivity index (χ1) is 10.5. The Balaban J connectivity index is -0.0000000576. The minimum atomic E-state index is -6.09. The van der Waals surface area contributed by atoms with Gasteiger partial charge in [0.2, 0.25) is 0 Å². The second-order valence-electron chi connectivity index (χ2n) is 2.56. The zero-order chi connectivity index (χ0) is 23.0. The Bertz CT molecular complexity index is 523. The van der Waals surface area contributed by atoms with Crippen LogP contribution in [0.2, 0.25) is 0 Å². The molecule has 0 aliphatic carbocycles. The van der Waals surface area contributed by atoms with Gasteiger partial charge in [-0.25, -0.2) is 54.1 Å². The van der Waals surface area contributed by atoms with E-state index in [1.54, 1.807) is 0 Å². The molecule has 0 fully saturated rings. The maximum absolute atomic E-state index is 10.7. The Morgan fingerprint density at radius 3 is 0.536 bits per heavy atom. The molecule has 0 saturated carbocycles. The summed E-state index contributed by atoms with van der Waals surface area (Å²) in [5.41, 5.74) is -11.3. The van der Waals surface area contributed by atoms with Gasteiger partial charge in [0, 0.05) is 0 Å². The molecule has 0 radical (unpaired) electrons.